The summed E-state index contributed by atoms with van der Waals surface area (Å²) in [4.78, 5) is 18.2. The highest BCUT2D eigenvalue weighted by molar-refractivity contribution is 7.99. The lowest BCUT2D eigenvalue weighted by Crippen LogP contribution is -2.05. The molecule has 6 heteroatoms. The molecule has 3 aromatic heterocycles. The number of hydrogen-bond donors (Lipinski definition) is 0. The van der Waals surface area contributed by atoms with Crippen molar-refractivity contribution in [1.82, 2.24) is 24.1 Å². The van der Waals surface area contributed by atoms with E-state index in [0.29, 0.717) is 17.5 Å². The van der Waals surface area contributed by atoms with E-state index in [-0.39, 0.29) is 0 Å². The number of para-hydroxylation sites is 3. The summed E-state index contributed by atoms with van der Waals surface area (Å²) >= 11 is 1.85. The van der Waals surface area contributed by atoms with Gasteiger partial charge < -0.3 is 0 Å². The summed E-state index contributed by atoms with van der Waals surface area (Å²) < 4.78 is 4.89. The topological polar surface area (TPSA) is 48.5 Å². The molecule has 0 atom stereocenters. The van der Waals surface area contributed by atoms with Gasteiger partial charge in [-0.2, -0.15) is 0 Å². The average molecular weight is 746 g/mol. The first-order valence-corrected chi connectivity index (χ1v) is 19.9. The molecule has 0 unspecified atom stereocenters. The van der Waals surface area contributed by atoms with Gasteiger partial charge in [-0.15, -0.1) is 0 Å². The fourth-order valence-corrected chi connectivity index (χ4v) is 9.66. The highest BCUT2D eigenvalue weighted by Gasteiger charge is 2.28. The zero-order valence-corrected chi connectivity index (χ0v) is 31.4. The van der Waals surface area contributed by atoms with Crippen LogP contribution in [0.4, 0.5) is 0 Å². The second-order valence-electron chi connectivity index (χ2n) is 14.4. The lowest BCUT2D eigenvalue weighted by Gasteiger charge is -2.21. The maximum Gasteiger partial charge on any atom is 0.164 e. The van der Waals surface area contributed by atoms with Crippen molar-refractivity contribution in [2.45, 2.75) is 9.79 Å². The molecule has 57 heavy (non-hydrogen) atoms. The van der Waals surface area contributed by atoms with Gasteiger partial charge in [0.05, 0.1) is 16.7 Å². The summed E-state index contributed by atoms with van der Waals surface area (Å²) in [6.45, 7) is 0. The second kappa shape index (κ2) is 12.6. The summed E-state index contributed by atoms with van der Waals surface area (Å²) in [6.07, 6.45) is 0. The molecule has 5 nitrogen and oxygen atoms in total. The van der Waals surface area contributed by atoms with Crippen LogP contribution in [0.15, 0.2) is 198 Å². The van der Waals surface area contributed by atoms with Crippen LogP contribution in [0.3, 0.4) is 0 Å². The summed E-state index contributed by atoms with van der Waals surface area (Å²) in [5.41, 5.74) is 10.9. The maximum absolute atomic E-state index is 5.26. The fourth-order valence-electron chi connectivity index (χ4n) is 8.57. The molecule has 0 saturated heterocycles. The monoisotopic (exact) mass is 745 g/mol. The van der Waals surface area contributed by atoms with Gasteiger partial charge in [0.25, 0.3) is 0 Å². The fraction of sp³-hybridized carbons (Fsp3) is 0. The molecule has 1 aliphatic heterocycles. The van der Waals surface area contributed by atoms with Crippen LogP contribution in [0.1, 0.15) is 0 Å². The Bertz CT molecular complexity index is 3360. The van der Waals surface area contributed by atoms with Crippen molar-refractivity contribution in [1.29, 1.82) is 0 Å². The number of aromatic nitrogens is 5. The average Bonchev–Trinajstić information content (AvgIpc) is 3.80. The SMILES string of the molecule is c1ccc(-c2ccc(-c3nc(-c4ccc5c6c7cccc8c7n(c6n(-c6ccccc6)c5c4)-c4ccccc4S8)nc(-c4cccc5ccccc45)n3)cc2)cc1. The molecular formula is C51H31N5S. The van der Waals surface area contributed by atoms with Crippen LogP contribution in [-0.4, -0.2) is 24.1 Å². The van der Waals surface area contributed by atoms with Crippen LogP contribution in [0.25, 0.3) is 100 Å². The van der Waals surface area contributed by atoms with Gasteiger partial charge in [-0.05, 0) is 58.3 Å². The standard InChI is InChI=1S/C51H31N5S/c1-3-13-32(14-4-1)33-25-27-35(28-26-33)48-52-49(54-50(53-48)39-20-11-16-34-15-7-8-19-38(34)39)36-29-30-40-43(31-36)55(37-17-5-2-6-18-37)51-46(40)41-21-12-24-45-47(41)56(51)42-22-9-10-23-44(42)57-45/h1-31H. The van der Waals surface area contributed by atoms with E-state index in [4.69, 9.17) is 15.0 Å². The Morgan fingerprint density at radius 1 is 0.404 bits per heavy atom. The molecule has 1 aliphatic rings. The highest BCUT2D eigenvalue weighted by Crippen LogP contribution is 2.49. The van der Waals surface area contributed by atoms with E-state index in [1.807, 2.05) is 17.8 Å². The van der Waals surface area contributed by atoms with Gasteiger partial charge >= 0.3 is 0 Å². The molecule has 0 saturated carbocycles. The Kier molecular flexibility index (Phi) is 7.09. The Morgan fingerprint density at radius 2 is 1.02 bits per heavy atom. The number of nitrogens with zero attached hydrogens (tertiary/aromatic N) is 5. The lowest BCUT2D eigenvalue weighted by molar-refractivity contribution is 1.03. The zero-order chi connectivity index (χ0) is 37.5. The minimum atomic E-state index is 0.625. The number of hydrogen-bond acceptors (Lipinski definition) is 4. The number of benzene rings is 8. The molecule has 8 aromatic carbocycles. The second-order valence-corrected chi connectivity index (χ2v) is 15.5. The Balaban J connectivity index is 1.12. The summed E-state index contributed by atoms with van der Waals surface area (Å²) in [5, 5.41) is 5.91. The van der Waals surface area contributed by atoms with Crippen LogP contribution in [0, 0.1) is 0 Å². The molecule has 0 spiro atoms. The molecule has 0 bridgehead atoms. The Labute approximate surface area is 332 Å². The van der Waals surface area contributed by atoms with E-state index in [1.54, 1.807) is 0 Å². The Hall–Kier alpha value is -7.28. The minimum absolute atomic E-state index is 0.625. The van der Waals surface area contributed by atoms with Crippen LogP contribution >= 0.6 is 11.8 Å². The Morgan fingerprint density at radius 3 is 1.88 bits per heavy atom. The molecule has 266 valence electrons. The molecule has 4 heterocycles. The van der Waals surface area contributed by atoms with Gasteiger partial charge in [0.2, 0.25) is 0 Å². The van der Waals surface area contributed by atoms with Crippen molar-refractivity contribution < 1.29 is 0 Å². The summed E-state index contributed by atoms with van der Waals surface area (Å²) in [6, 6.07) is 66.5. The summed E-state index contributed by atoms with van der Waals surface area (Å²) in [5.74, 6) is 1.90. The molecule has 0 aliphatic carbocycles. The van der Waals surface area contributed by atoms with Crippen molar-refractivity contribution in [2.24, 2.45) is 0 Å². The van der Waals surface area contributed by atoms with Crippen molar-refractivity contribution in [3.8, 4) is 56.7 Å². The maximum atomic E-state index is 5.26. The van der Waals surface area contributed by atoms with Crippen molar-refractivity contribution in [3.05, 3.63) is 188 Å². The highest BCUT2D eigenvalue weighted by atomic mass is 32.2. The van der Waals surface area contributed by atoms with Crippen LogP contribution < -0.4 is 0 Å². The van der Waals surface area contributed by atoms with Crippen molar-refractivity contribution in [3.63, 3.8) is 0 Å². The van der Waals surface area contributed by atoms with Crippen LogP contribution in [0.2, 0.25) is 0 Å². The number of rotatable bonds is 5. The number of fused-ring (bicyclic) bond motifs is 8. The smallest absolute Gasteiger partial charge is 0.164 e. The molecular weight excluding hydrogens is 715 g/mol. The van der Waals surface area contributed by atoms with Crippen molar-refractivity contribution in [2.75, 3.05) is 0 Å². The van der Waals surface area contributed by atoms with Gasteiger partial charge in [0, 0.05) is 48.3 Å². The van der Waals surface area contributed by atoms with Gasteiger partial charge in [-0.1, -0.05) is 163 Å². The van der Waals surface area contributed by atoms with Crippen molar-refractivity contribution >= 4 is 55.4 Å². The molecule has 0 fully saturated rings. The largest absolute Gasteiger partial charge is 0.295 e. The lowest BCUT2D eigenvalue weighted by atomic mass is 10.0. The normalized spacial score (nSPS) is 12.1. The first-order chi connectivity index (χ1) is 28.3. The van der Waals surface area contributed by atoms with Crippen LogP contribution in [0.5, 0.6) is 0 Å². The van der Waals surface area contributed by atoms with E-state index >= 15 is 0 Å². The summed E-state index contributed by atoms with van der Waals surface area (Å²) in [7, 11) is 0. The first-order valence-electron chi connectivity index (χ1n) is 19.1. The molecule has 12 rings (SSSR count). The van der Waals surface area contributed by atoms with E-state index in [9.17, 15) is 0 Å². The van der Waals surface area contributed by atoms with Gasteiger partial charge in [-0.3, -0.25) is 9.13 Å². The van der Waals surface area contributed by atoms with E-state index in [1.165, 1.54) is 42.7 Å². The molecule has 0 N–H and O–H groups in total. The van der Waals surface area contributed by atoms with Crippen LogP contribution in [-0.2, 0) is 0 Å². The first kappa shape index (κ1) is 32.0. The third-order valence-corrected chi connectivity index (χ3v) is 12.3. The zero-order valence-electron chi connectivity index (χ0n) is 30.5. The molecule has 0 radical (unpaired) electrons. The van der Waals surface area contributed by atoms with Gasteiger partial charge in [0.1, 0.15) is 5.65 Å². The molecule has 0 amide bonds. The predicted octanol–water partition coefficient (Wildman–Crippen LogP) is 13.2. The predicted molar refractivity (Wildman–Crippen MR) is 234 cm³/mol. The quantitative estimate of drug-likeness (QED) is 0.176. The van der Waals surface area contributed by atoms with E-state index in [0.717, 1.165) is 49.9 Å². The third kappa shape index (κ3) is 5.01. The third-order valence-electron chi connectivity index (χ3n) is 11.2. The van der Waals surface area contributed by atoms with E-state index < -0.39 is 0 Å². The molecule has 11 aromatic rings. The van der Waals surface area contributed by atoms with Gasteiger partial charge in [-0.25, -0.2) is 15.0 Å². The minimum Gasteiger partial charge on any atom is -0.295 e. The van der Waals surface area contributed by atoms with Gasteiger partial charge in [0.15, 0.2) is 17.5 Å². The van der Waals surface area contributed by atoms with E-state index in [2.05, 4.69) is 191 Å².